The third kappa shape index (κ3) is 5.02. The number of nitrogens with one attached hydrogen (secondary N) is 1. The van der Waals surface area contributed by atoms with Gasteiger partial charge >= 0.3 is 5.97 Å². The maximum atomic E-state index is 12.3. The van der Waals surface area contributed by atoms with Crippen molar-refractivity contribution in [2.45, 2.75) is 37.8 Å². The zero-order valence-electron chi connectivity index (χ0n) is 16.4. The molecule has 3 atom stereocenters. The number of aliphatic carboxylic acids is 1. The first-order valence-corrected chi connectivity index (χ1v) is 13.1. The molecule has 2 aliphatic heterocycles. The Morgan fingerprint density at radius 1 is 1.33 bits per heavy atom. The van der Waals surface area contributed by atoms with Gasteiger partial charge in [-0.15, -0.1) is 11.8 Å². The molecule has 0 aromatic heterocycles. The van der Waals surface area contributed by atoms with Crippen molar-refractivity contribution >= 4 is 45.4 Å². The molecule has 1 saturated heterocycles. The topological polar surface area (TPSA) is 124 Å². The van der Waals surface area contributed by atoms with Crippen LogP contribution in [-0.4, -0.2) is 58.4 Å². The van der Waals surface area contributed by atoms with Crippen LogP contribution in [0.5, 0.6) is 0 Å². The van der Waals surface area contributed by atoms with E-state index in [1.807, 2.05) is 30.3 Å². The minimum Gasteiger partial charge on any atom is -0.477 e. The Balaban J connectivity index is 1.51. The maximum absolute atomic E-state index is 12.3. The Morgan fingerprint density at radius 2 is 2.03 bits per heavy atom. The summed E-state index contributed by atoms with van der Waals surface area (Å²) in [5, 5.41) is 19.2. The molecule has 2 heterocycles. The molecular weight excluding hydrogens is 448 g/mol. The molecule has 164 valence electrons. The highest BCUT2D eigenvalue weighted by molar-refractivity contribution is 8.22. The molecule has 3 N–H and O–H groups in total. The van der Waals surface area contributed by atoms with E-state index in [1.54, 1.807) is 6.92 Å². The number of carboxylic acid groups (broad SMARTS) is 1. The second-order valence-electron chi connectivity index (χ2n) is 6.99. The lowest BCUT2D eigenvalue weighted by Gasteiger charge is -2.44. The second-order valence-corrected chi connectivity index (χ2v) is 11.4. The number of carboxylic acids is 1. The first-order chi connectivity index (χ1) is 14.2. The van der Waals surface area contributed by atoms with Crippen molar-refractivity contribution in [3.8, 4) is 0 Å². The van der Waals surface area contributed by atoms with Gasteiger partial charge in [0.1, 0.15) is 5.37 Å². The number of aliphatic hydroxyl groups is 1. The quantitative estimate of drug-likeness (QED) is 0.329. The Hall–Kier alpha value is -1.53. The number of carbonyl (C=O) groups excluding carboxylic acids is 1. The summed E-state index contributed by atoms with van der Waals surface area (Å²) < 4.78 is 27.4. The number of nitrogens with zero attached hydrogens (tertiary/aromatic N) is 1. The molecule has 0 aliphatic carbocycles. The third-order valence-corrected chi connectivity index (χ3v) is 9.07. The van der Waals surface area contributed by atoms with Gasteiger partial charge in [-0.2, -0.15) is 0 Å². The number of thioether (sulfide) groups is 2. The van der Waals surface area contributed by atoms with Gasteiger partial charge in [0, 0.05) is 6.54 Å². The molecule has 0 spiro atoms. The van der Waals surface area contributed by atoms with E-state index >= 15 is 0 Å². The number of hydrogen-bond donors (Lipinski definition) is 3. The van der Waals surface area contributed by atoms with Gasteiger partial charge in [0.2, 0.25) is 15.9 Å². The Bertz CT molecular complexity index is 935. The molecule has 1 amide bonds. The molecule has 0 saturated carbocycles. The number of amides is 1. The van der Waals surface area contributed by atoms with Crippen molar-refractivity contribution in [2.24, 2.45) is 5.92 Å². The van der Waals surface area contributed by atoms with Gasteiger partial charge in [-0.05, 0) is 24.2 Å². The van der Waals surface area contributed by atoms with Crippen molar-refractivity contribution in [1.82, 2.24) is 9.62 Å². The van der Waals surface area contributed by atoms with Gasteiger partial charge < -0.3 is 10.2 Å². The summed E-state index contributed by atoms with van der Waals surface area (Å²) in [4.78, 5) is 25.2. The number of carbonyl (C=O) groups is 2. The highest BCUT2D eigenvalue weighted by atomic mass is 32.2. The van der Waals surface area contributed by atoms with E-state index in [0.717, 1.165) is 5.56 Å². The Kier molecular flexibility index (Phi) is 7.51. The molecule has 11 heteroatoms. The summed E-state index contributed by atoms with van der Waals surface area (Å²) in [7, 11) is -3.45. The van der Waals surface area contributed by atoms with Crippen LogP contribution in [0.2, 0.25) is 0 Å². The van der Waals surface area contributed by atoms with Gasteiger partial charge in [-0.25, -0.2) is 17.9 Å². The molecule has 0 radical (unpaired) electrons. The summed E-state index contributed by atoms with van der Waals surface area (Å²) in [6.07, 6.45) is -0.0442. The fourth-order valence-electron chi connectivity index (χ4n) is 3.29. The fourth-order valence-corrected chi connectivity index (χ4v) is 7.42. The Labute approximate surface area is 184 Å². The van der Waals surface area contributed by atoms with Gasteiger partial charge in [0.15, 0.2) is 5.70 Å². The zero-order chi connectivity index (χ0) is 21.9. The highest BCUT2D eigenvalue weighted by Gasteiger charge is 2.58. The number of β-lactam (4-membered cyclic amide) rings is 1. The van der Waals surface area contributed by atoms with Crippen LogP contribution in [0.4, 0.5) is 0 Å². The number of hydrogen-bond acceptors (Lipinski definition) is 7. The molecule has 1 fully saturated rings. The van der Waals surface area contributed by atoms with Crippen molar-refractivity contribution in [3.63, 3.8) is 0 Å². The van der Waals surface area contributed by atoms with Crippen molar-refractivity contribution in [1.29, 1.82) is 0 Å². The van der Waals surface area contributed by atoms with Crippen LogP contribution in [0, 0.1) is 5.92 Å². The summed E-state index contributed by atoms with van der Waals surface area (Å²) >= 11 is 2.50. The Morgan fingerprint density at radius 3 is 2.67 bits per heavy atom. The molecule has 1 aromatic carbocycles. The largest absolute Gasteiger partial charge is 0.477 e. The van der Waals surface area contributed by atoms with Crippen LogP contribution in [0.3, 0.4) is 0 Å². The van der Waals surface area contributed by atoms with Gasteiger partial charge in [-0.3, -0.25) is 9.69 Å². The average molecular weight is 473 g/mol. The molecule has 8 nitrogen and oxygen atoms in total. The number of rotatable bonds is 11. The molecular formula is C19H24N2O6S3. The molecule has 30 heavy (non-hydrogen) atoms. The smallest absolute Gasteiger partial charge is 0.354 e. The van der Waals surface area contributed by atoms with Crippen LogP contribution in [-0.2, 0) is 26.2 Å². The fraction of sp³-hybridized carbons (Fsp3) is 0.474. The van der Waals surface area contributed by atoms with Crippen LogP contribution >= 0.6 is 23.5 Å². The van der Waals surface area contributed by atoms with Crippen LogP contribution in [0.1, 0.15) is 25.3 Å². The monoisotopic (exact) mass is 472 g/mol. The second kappa shape index (κ2) is 9.73. The SMILES string of the molecule is CCC(O)C1C(=O)N2C(C(=O)O)=C(SCCCS(=O)(=O)NCc3ccccc3)SC12. The molecule has 2 aliphatic rings. The standard InChI is InChI=1S/C19H24N2O6S3/c1-2-13(22)14-16(23)21-15(18(24)25)19(29-17(14)21)28-9-6-10-30(26,27)20-11-12-7-4-3-5-8-12/h3-5,7-8,13-14,17,20,22H,2,6,9-11H2,1H3,(H,24,25). The van der Waals surface area contributed by atoms with Crippen LogP contribution in [0.25, 0.3) is 0 Å². The first-order valence-electron chi connectivity index (χ1n) is 9.54. The predicted molar refractivity (Wildman–Crippen MR) is 117 cm³/mol. The zero-order valence-corrected chi connectivity index (χ0v) is 18.8. The summed E-state index contributed by atoms with van der Waals surface area (Å²) in [5.41, 5.74) is 0.802. The third-order valence-electron chi connectivity index (χ3n) is 4.91. The average Bonchev–Trinajstić information content (AvgIpc) is 3.05. The summed E-state index contributed by atoms with van der Waals surface area (Å²) in [6, 6.07) is 9.21. The summed E-state index contributed by atoms with van der Waals surface area (Å²) in [6.45, 7) is 1.99. The van der Waals surface area contributed by atoms with Crippen LogP contribution < -0.4 is 4.72 Å². The molecule has 3 rings (SSSR count). The van der Waals surface area contributed by atoms with Crippen molar-refractivity contribution in [2.75, 3.05) is 11.5 Å². The lowest BCUT2D eigenvalue weighted by Crippen LogP contribution is -2.61. The van der Waals surface area contributed by atoms with E-state index in [9.17, 15) is 28.2 Å². The van der Waals surface area contributed by atoms with E-state index in [1.165, 1.54) is 28.4 Å². The van der Waals surface area contributed by atoms with E-state index in [2.05, 4.69) is 4.72 Å². The number of sulfonamides is 1. The van der Waals surface area contributed by atoms with Gasteiger partial charge in [0.05, 0.1) is 22.0 Å². The lowest BCUT2D eigenvalue weighted by atomic mass is 9.90. The minimum absolute atomic E-state index is 0.0652. The lowest BCUT2D eigenvalue weighted by molar-refractivity contribution is -0.157. The van der Waals surface area contributed by atoms with E-state index in [0.29, 0.717) is 22.8 Å². The van der Waals surface area contributed by atoms with Crippen LogP contribution in [0.15, 0.2) is 40.3 Å². The van der Waals surface area contributed by atoms with Gasteiger partial charge in [-0.1, -0.05) is 49.0 Å². The molecule has 0 bridgehead atoms. The number of aliphatic hydroxyl groups excluding tert-OH is 1. The highest BCUT2D eigenvalue weighted by Crippen LogP contribution is 2.54. The van der Waals surface area contributed by atoms with Crippen molar-refractivity contribution in [3.05, 3.63) is 45.8 Å². The molecule has 3 unspecified atom stereocenters. The maximum Gasteiger partial charge on any atom is 0.354 e. The number of benzene rings is 1. The van der Waals surface area contributed by atoms with E-state index in [4.69, 9.17) is 0 Å². The van der Waals surface area contributed by atoms with Crippen molar-refractivity contribution < 1.29 is 28.2 Å². The summed E-state index contributed by atoms with van der Waals surface area (Å²) in [5.74, 6) is -1.84. The predicted octanol–water partition coefficient (Wildman–Crippen LogP) is 1.79. The first kappa shape index (κ1) is 23.1. The normalized spacial score (nSPS) is 22.1. The molecule has 1 aromatic rings. The number of fused-ring (bicyclic) bond motifs is 1. The van der Waals surface area contributed by atoms with Gasteiger partial charge in [0.25, 0.3) is 0 Å². The van der Waals surface area contributed by atoms with E-state index in [-0.39, 0.29) is 23.9 Å². The van der Waals surface area contributed by atoms with E-state index < -0.39 is 33.4 Å². The minimum atomic E-state index is -3.45.